The van der Waals surface area contributed by atoms with E-state index in [1.807, 2.05) is 4.90 Å². The number of nitrogens with zero attached hydrogens (tertiary/aromatic N) is 1. The molecule has 21 heavy (non-hydrogen) atoms. The first-order valence-electron chi connectivity index (χ1n) is 8.17. The lowest BCUT2D eigenvalue weighted by Crippen LogP contribution is -2.40. The van der Waals surface area contributed by atoms with Crippen LogP contribution in [-0.4, -0.2) is 30.4 Å². The molecule has 0 spiro atoms. The zero-order valence-electron chi connectivity index (χ0n) is 13.4. The predicted molar refractivity (Wildman–Crippen MR) is 87.2 cm³/mol. The molecule has 0 aromatic heterocycles. The van der Waals surface area contributed by atoms with Crippen molar-refractivity contribution < 1.29 is 4.79 Å². The van der Waals surface area contributed by atoms with Gasteiger partial charge in [-0.2, -0.15) is 0 Å². The highest BCUT2D eigenvalue weighted by molar-refractivity contribution is 5.79. The van der Waals surface area contributed by atoms with E-state index in [4.69, 9.17) is 5.73 Å². The van der Waals surface area contributed by atoms with Crippen LogP contribution in [0.4, 0.5) is 0 Å². The summed E-state index contributed by atoms with van der Waals surface area (Å²) >= 11 is 0. The van der Waals surface area contributed by atoms with Crippen molar-refractivity contribution in [1.82, 2.24) is 4.90 Å². The van der Waals surface area contributed by atoms with E-state index in [9.17, 15) is 4.79 Å². The van der Waals surface area contributed by atoms with E-state index < -0.39 is 0 Å². The standard InChI is InChI=1S/C18H28N2O/c1-14-8-7-9-15(2)17(14)12-16(13-19)18(21)20-10-5-3-4-6-11-20/h7-9,16H,3-6,10-13,19H2,1-2H3. The third-order valence-corrected chi connectivity index (χ3v) is 4.65. The second-order valence-corrected chi connectivity index (χ2v) is 6.25. The minimum Gasteiger partial charge on any atom is -0.342 e. The maximum Gasteiger partial charge on any atom is 0.227 e. The highest BCUT2D eigenvalue weighted by Gasteiger charge is 2.25. The van der Waals surface area contributed by atoms with E-state index >= 15 is 0 Å². The number of carbonyl (C=O) groups is 1. The molecule has 1 heterocycles. The first-order chi connectivity index (χ1) is 10.1. The minimum atomic E-state index is -0.0806. The summed E-state index contributed by atoms with van der Waals surface area (Å²) in [7, 11) is 0. The third-order valence-electron chi connectivity index (χ3n) is 4.65. The van der Waals surface area contributed by atoms with Gasteiger partial charge in [0.25, 0.3) is 0 Å². The van der Waals surface area contributed by atoms with E-state index in [2.05, 4.69) is 32.0 Å². The van der Waals surface area contributed by atoms with Gasteiger partial charge in [0.05, 0.1) is 5.92 Å². The van der Waals surface area contributed by atoms with Crippen molar-refractivity contribution in [2.75, 3.05) is 19.6 Å². The van der Waals surface area contributed by atoms with Crippen LogP contribution in [0.5, 0.6) is 0 Å². The molecule has 1 aliphatic heterocycles. The average molecular weight is 288 g/mol. The summed E-state index contributed by atoms with van der Waals surface area (Å²) < 4.78 is 0. The molecule has 2 N–H and O–H groups in total. The number of rotatable bonds is 4. The van der Waals surface area contributed by atoms with Crippen molar-refractivity contribution in [3.8, 4) is 0 Å². The zero-order valence-corrected chi connectivity index (χ0v) is 13.4. The van der Waals surface area contributed by atoms with Gasteiger partial charge in [-0.25, -0.2) is 0 Å². The van der Waals surface area contributed by atoms with Gasteiger partial charge in [-0.1, -0.05) is 31.0 Å². The van der Waals surface area contributed by atoms with Crippen molar-refractivity contribution >= 4 is 5.91 Å². The average Bonchev–Trinajstić information content (AvgIpc) is 2.75. The highest BCUT2D eigenvalue weighted by atomic mass is 16.2. The zero-order chi connectivity index (χ0) is 15.2. The monoisotopic (exact) mass is 288 g/mol. The number of amides is 1. The number of hydrogen-bond donors (Lipinski definition) is 1. The molecule has 1 aromatic rings. The van der Waals surface area contributed by atoms with Crippen molar-refractivity contribution in [2.24, 2.45) is 11.7 Å². The second-order valence-electron chi connectivity index (χ2n) is 6.25. The lowest BCUT2D eigenvalue weighted by Gasteiger charge is -2.26. The summed E-state index contributed by atoms with van der Waals surface area (Å²) in [6, 6.07) is 6.31. The Bertz CT molecular complexity index is 456. The molecule has 0 bridgehead atoms. The Morgan fingerprint density at radius 2 is 1.71 bits per heavy atom. The Balaban J connectivity index is 2.10. The van der Waals surface area contributed by atoms with E-state index in [-0.39, 0.29) is 11.8 Å². The van der Waals surface area contributed by atoms with Gasteiger partial charge in [-0.3, -0.25) is 4.79 Å². The Labute approximate surface area is 128 Å². The van der Waals surface area contributed by atoms with E-state index in [1.54, 1.807) is 0 Å². The summed E-state index contributed by atoms with van der Waals surface area (Å²) in [5.41, 5.74) is 9.73. The maximum atomic E-state index is 12.8. The molecular weight excluding hydrogens is 260 g/mol. The molecule has 1 aliphatic rings. The van der Waals surface area contributed by atoms with Crippen molar-refractivity contribution in [3.63, 3.8) is 0 Å². The number of hydrogen-bond acceptors (Lipinski definition) is 2. The Kier molecular flexibility index (Phi) is 5.80. The number of carbonyl (C=O) groups excluding carboxylic acids is 1. The van der Waals surface area contributed by atoms with Crippen LogP contribution < -0.4 is 5.73 Å². The molecule has 1 atom stereocenters. The third kappa shape index (κ3) is 4.07. The van der Waals surface area contributed by atoms with E-state index in [1.165, 1.54) is 29.5 Å². The topological polar surface area (TPSA) is 46.3 Å². The molecule has 1 saturated heterocycles. The lowest BCUT2D eigenvalue weighted by molar-refractivity contribution is -0.135. The normalized spacial score (nSPS) is 17.4. The summed E-state index contributed by atoms with van der Waals surface area (Å²) in [6.07, 6.45) is 5.52. The van der Waals surface area contributed by atoms with Gasteiger partial charge in [0, 0.05) is 19.6 Å². The molecule has 3 nitrogen and oxygen atoms in total. The van der Waals surface area contributed by atoms with Crippen LogP contribution in [0.15, 0.2) is 18.2 Å². The first-order valence-corrected chi connectivity index (χ1v) is 8.17. The largest absolute Gasteiger partial charge is 0.342 e. The van der Waals surface area contributed by atoms with Crippen LogP contribution >= 0.6 is 0 Å². The molecule has 0 aliphatic carbocycles. The molecule has 3 heteroatoms. The van der Waals surface area contributed by atoms with Crippen LogP contribution in [0.1, 0.15) is 42.4 Å². The molecule has 1 fully saturated rings. The second kappa shape index (κ2) is 7.60. The number of nitrogens with two attached hydrogens (primary N) is 1. The molecule has 116 valence electrons. The Hall–Kier alpha value is -1.35. The van der Waals surface area contributed by atoms with Gasteiger partial charge in [-0.15, -0.1) is 0 Å². The quantitative estimate of drug-likeness (QED) is 0.926. The number of likely N-dealkylation sites (tertiary alicyclic amines) is 1. The Morgan fingerprint density at radius 3 is 2.24 bits per heavy atom. The SMILES string of the molecule is Cc1cccc(C)c1CC(CN)C(=O)N1CCCCCC1. The van der Waals surface area contributed by atoms with Gasteiger partial charge in [0.2, 0.25) is 5.91 Å². The summed E-state index contributed by atoms with van der Waals surface area (Å²) in [5, 5.41) is 0. The maximum absolute atomic E-state index is 12.8. The van der Waals surface area contributed by atoms with Gasteiger partial charge in [-0.05, 0) is 49.8 Å². The number of aryl methyl sites for hydroxylation is 2. The molecule has 1 aromatic carbocycles. The van der Waals surface area contributed by atoms with Crippen molar-refractivity contribution in [2.45, 2.75) is 46.0 Å². The molecule has 1 unspecified atom stereocenters. The smallest absolute Gasteiger partial charge is 0.227 e. The van der Waals surface area contributed by atoms with Gasteiger partial charge in [0.15, 0.2) is 0 Å². The predicted octanol–water partition coefficient (Wildman–Crippen LogP) is 2.82. The molecular formula is C18H28N2O. The van der Waals surface area contributed by atoms with Crippen LogP contribution in [0.25, 0.3) is 0 Å². The molecule has 0 saturated carbocycles. The fourth-order valence-corrected chi connectivity index (χ4v) is 3.24. The summed E-state index contributed by atoms with van der Waals surface area (Å²) in [6.45, 7) is 6.48. The fraction of sp³-hybridized carbons (Fsp3) is 0.611. The van der Waals surface area contributed by atoms with Crippen molar-refractivity contribution in [1.29, 1.82) is 0 Å². The molecule has 1 amide bonds. The number of benzene rings is 1. The lowest BCUT2D eigenvalue weighted by atomic mass is 9.91. The van der Waals surface area contributed by atoms with Crippen LogP contribution in [0, 0.1) is 19.8 Å². The fourth-order valence-electron chi connectivity index (χ4n) is 3.24. The van der Waals surface area contributed by atoms with E-state index in [0.717, 1.165) is 32.4 Å². The molecule has 0 radical (unpaired) electrons. The molecule has 2 rings (SSSR count). The van der Waals surface area contributed by atoms with Gasteiger partial charge in [0.1, 0.15) is 0 Å². The van der Waals surface area contributed by atoms with Crippen LogP contribution in [0.3, 0.4) is 0 Å². The first kappa shape index (κ1) is 16.0. The summed E-state index contributed by atoms with van der Waals surface area (Å²) in [4.78, 5) is 14.8. The van der Waals surface area contributed by atoms with Crippen LogP contribution in [-0.2, 0) is 11.2 Å². The Morgan fingerprint density at radius 1 is 1.14 bits per heavy atom. The van der Waals surface area contributed by atoms with Gasteiger partial charge >= 0.3 is 0 Å². The van der Waals surface area contributed by atoms with Crippen LogP contribution in [0.2, 0.25) is 0 Å². The highest BCUT2D eigenvalue weighted by Crippen LogP contribution is 2.20. The minimum absolute atomic E-state index is 0.0806. The van der Waals surface area contributed by atoms with Gasteiger partial charge < -0.3 is 10.6 Å². The van der Waals surface area contributed by atoms with E-state index in [0.29, 0.717) is 6.54 Å². The summed E-state index contributed by atoms with van der Waals surface area (Å²) in [5.74, 6) is 0.171. The van der Waals surface area contributed by atoms with Crippen molar-refractivity contribution in [3.05, 3.63) is 34.9 Å².